The topological polar surface area (TPSA) is 59.9 Å². The first kappa shape index (κ1) is 20.7. The van der Waals surface area contributed by atoms with Crippen LogP contribution < -0.4 is 10.6 Å². The Labute approximate surface area is 158 Å². The molecule has 0 bridgehead atoms. The number of rotatable bonds is 8. The van der Waals surface area contributed by atoms with E-state index in [2.05, 4.69) is 46.5 Å². The summed E-state index contributed by atoms with van der Waals surface area (Å²) in [7, 11) is 1.79. The van der Waals surface area contributed by atoms with Crippen molar-refractivity contribution in [1.29, 1.82) is 0 Å². The van der Waals surface area contributed by atoms with Crippen molar-refractivity contribution in [3.05, 3.63) is 35.9 Å². The molecule has 1 aliphatic heterocycles. The molecule has 0 radical (unpaired) electrons. The zero-order chi connectivity index (χ0) is 18.8. The van der Waals surface area contributed by atoms with E-state index < -0.39 is 0 Å². The zero-order valence-electron chi connectivity index (χ0n) is 16.6. The Morgan fingerprint density at radius 3 is 2.50 bits per heavy atom. The molecule has 0 aromatic heterocycles. The predicted octanol–water partition coefficient (Wildman–Crippen LogP) is 2.30. The molecule has 1 aromatic rings. The second-order valence-electron chi connectivity index (χ2n) is 7.73. The van der Waals surface area contributed by atoms with Gasteiger partial charge in [-0.05, 0) is 36.8 Å². The fourth-order valence-electron chi connectivity index (χ4n) is 3.94. The van der Waals surface area contributed by atoms with Crippen LogP contribution in [0, 0.1) is 11.8 Å². The van der Waals surface area contributed by atoms with Crippen molar-refractivity contribution in [2.24, 2.45) is 16.8 Å². The number of benzene rings is 1. The molecule has 1 fully saturated rings. The van der Waals surface area contributed by atoms with Crippen molar-refractivity contribution in [2.45, 2.75) is 32.6 Å². The summed E-state index contributed by atoms with van der Waals surface area (Å²) >= 11 is 0. The van der Waals surface area contributed by atoms with Gasteiger partial charge in [0.15, 0.2) is 5.96 Å². The van der Waals surface area contributed by atoms with Gasteiger partial charge in [-0.1, -0.05) is 44.2 Å². The SMILES string of the molecule is CN=C(NCCCN1CC(C)CC(C)C1)NCC(CO)c1ccccc1. The summed E-state index contributed by atoms with van der Waals surface area (Å²) in [5.41, 5.74) is 1.14. The first-order chi connectivity index (χ1) is 12.6. The highest BCUT2D eigenvalue weighted by atomic mass is 16.3. The van der Waals surface area contributed by atoms with Gasteiger partial charge in [0.25, 0.3) is 0 Å². The van der Waals surface area contributed by atoms with Crippen molar-refractivity contribution in [3.8, 4) is 0 Å². The van der Waals surface area contributed by atoms with Crippen LogP contribution in [-0.4, -0.2) is 62.3 Å². The van der Waals surface area contributed by atoms with Gasteiger partial charge in [0.05, 0.1) is 6.61 Å². The zero-order valence-corrected chi connectivity index (χ0v) is 16.6. The van der Waals surface area contributed by atoms with E-state index in [1.54, 1.807) is 7.05 Å². The molecule has 0 aliphatic carbocycles. The predicted molar refractivity (Wildman–Crippen MR) is 110 cm³/mol. The Morgan fingerprint density at radius 2 is 1.88 bits per heavy atom. The number of aliphatic imine (C=N–C) groups is 1. The number of aliphatic hydroxyl groups excluding tert-OH is 1. The standard InChI is InChI=1S/C21H36N4O/c1-17-12-18(2)15-25(14-17)11-7-10-23-21(22-3)24-13-20(16-26)19-8-5-4-6-9-19/h4-6,8-9,17-18,20,26H,7,10-16H2,1-3H3,(H2,22,23,24). The Kier molecular flexibility index (Phi) is 8.92. The van der Waals surface area contributed by atoms with E-state index in [9.17, 15) is 5.11 Å². The Hall–Kier alpha value is -1.59. The summed E-state index contributed by atoms with van der Waals surface area (Å²) in [6, 6.07) is 10.1. The molecule has 1 aliphatic rings. The number of guanidine groups is 1. The molecular weight excluding hydrogens is 324 g/mol. The molecule has 1 heterocycles. The third-order valence-electron chi connectivity index (χ3n) is 5.12. The van der Waals surface area contributed by atoms with E-state index in [0.717, 1.165) is 42.9 Å². The number of nitrogens with zero attached hydrogens (tertiary/aromatic N) is 2. The van der Waals surface area contributed by atoms with Gasteiger partial charge in [0, 0.05) is 39.1 Å². The molecule has 5 nitrogen and oxygen atoms in total. The number of likely N-dealkylation sites (tertiary alicyclic amines) is 1. The molecule has 1 saturated heterocycles. The molecule has 2 rings (SSSR count). The normalized spacial score (nSPS) is 22.8. The molecule has 3 atom stereocenters. The van der Waals surface area contributed by atoms with E-state index in [1.165, 1.54) is 19.5 Å². The van der Waals surface area contributed by atoms with E-state index in [1.807, 2.05) is 18.2 Å². The maximum atomic E-state index is 9.66. The monoisotopic (exact) mass is 360 g/mol. The lowest BCUT2D eigenvalue weighted by atomic mass is 9.92. The summed E-state index contributed by atoms with van der Waals surface area (Å²) in [5, 5.41) is 16.4. The second kappa shape index (κ2) is 11.2. The Morgan fingerprint density at radius 1 is 1.19 bits per heavy atom. The van der Waals surface area contributed by atoms with Gasteiger partial charge in [-0.3, -0.25) is 4.99 Å². The minimum atomic E-state index is 0.0751. The first-order valence-corrected chi connectivity index (χ1v) is 9.95. The quantitative estimate of drug-likeness (QED) is 0.378. The van der Waals surface area contributed by atoms with E-state index in [4.69, 9.17) is 0 Å². The number of hydrogen-bond donors (Lipinski definition) is 3. The first-order valence-electron chi connectivity index (χ1n) is 9.95. The molecule has 1 aromatic carbocycles. The van der Waals surface area contributed by atoms with Crippen LogP contribution in [0.2, 0.25) is 0 Å². The number of piperidine rings is 1. The molecule has 3 unspecified atom stereocenters. The average molecular weight is 361 g/mol. The Bertz CT molecular complexity index is 524. The molecule has 5 heteroatoms. The molecule has 0 spiro atoms. The van der Waals surface area contributed by atoms with E-state index in [0.29, 0.717) is 6.54 Å². The van der Waals surface area contributed by atoms with Gasteiger partial charge in [-0.2, -0.15) is 0 Å². The largest absolute Gasteiger partial charge is 0.396 e. The molecule has 0 amide bonds. The molecule has 26 heavy (non-hydrogen) atoms. The second-order valence-corrected chi connectivity index (χ2v) is 7.73. The molecule has 146 valence electrons. The van der Waals surface area contributed by atoms with Crippen LogP contribution in [0.25, 0.3) is 0 Å². The summed E-state index contributed by atoms with van der Waals surface area (Å²) in [6.45, 7) is 10.0. The van der Waals surface area contributed by atoms with Gasteiger partial charge in [-0.25, -0.2) is 0 Å². The minimum absolute atomic E-state index is 0.0751. The molecular formula is C21H36N4O. The van der Waals surface area contributed by atoms with Crippen molar-refractivity contribution >= 4 is 5.96 Å². The molecule has 3 N–H and O–H groups in total. The van der Waals surface area contributed by atoms with Crippen LogP contribution in [0.1, 0.15) is 38.2 Å². The van der Waals surface area contributed by atoms with Crippen molar-refractivity contribution < 1.29 is 5.11 Å². The smallest absolute Gasteiger partial charge is 0.191 e. The van der Waals surface area contributed by atoms with Crippen molar-refractivity contribution in [1.82, 2.24) is 15.5 Å². The highest BCUT2D eigenvalue weighted by Crippen LogP contribution is 2.20. The molecule has 0 saturated carbocycles. The van der Waals surface area contributed by atoms with Crippen LogP contribution in [0.4, 0.5) is 0 Å². The summed E-state index contributed by atoms with van der Waals surface area (Å²) in [5.74, 6) is 2.51. The number of nitrogens with one attached hydrogen (secondary N) is 2. The summed E-state index contributed by atoms with van der Waals surface area (Å²) < 4.78 is 0. The lowest BCUT2D eigenvalue weighted by Crippen LogP contribution is -2.42. The Balaban J connectivity index is 1.67. The third-order valence-corrected chi connectivity index (χ3v) is 5.12. The van der Waals surface area contributed by atoms with Gasteiger partial charge >= 0.3 is 0 Å². The van der Waals surface area contributed by atoms with Gasteiger partial charge in [-0.15, -0.1) is 0 Å². The fraction of sp³-hybridized carbons (Fsp3) is 0.667. The van der Waals surface area contributed by atoms with Crippen LogP contribution in [-0.2, 0) is 0 Å². The van der Waals surface area contributed by atoms with Crippen LogP contribution in [0.3, 0.4) is 0 Å². The van der Waals surface area contributed by atoms with Gasteiger partial charge in [0.2, 0.25) is 0 Å². The lowest BCUT2D eigenvalue weighted by molar-refractivity contribution is 0.140. The highest BCUT2D eigenvalue weighted by Gasteiger charge is 2.21. The highest BCUT2D eigenvalue weighted by molar-refractivity contribution is 5.79. The third kappa shape index (κ3) is 6.96. The van der Waals surface area contributed by atoms with Crippen molar-refractivity contribution in [3.63, 3.8) is 0 Å². The number of hydrogen-bond acceptors (Lipinski definition) is 3. The lowest BCUT2D eigenvalue weighted by Gasteiger charge is -2.35. The van der Waals surface area contributed by atoms with Crippen LogP contribution in [0.5, 0.6) is 0 Å². The maximum Gasteiger partial charge on any atom is 0.191 e. The summed E-state index contributed by atoms with van der Waals surface area (Å²) in [6.07, 6.45) is 2.47. The van der Waals surface area contributed by atoms with Gasteiger partial charge in [0.1, 0.15) is 0 Å². The van der Waals surface area contributed by atoms with E-state index >= 15 is 0 Å². The maximum absolute atomic E-state index is 9.66. The minimum Gasteiger partial charge on any atom is -0.396 e. The fourth-order valence-corrected chi connectivity index (χ4v) is 3.94. The van der Waals surface area contributed by atoms with Gasteiger partial charge < -0.3 is 20.6 Å². The van der Waals surface area contributed by atoms with E-state index in [-0.39, 0.29) is 12.5 Å². The number of aliphatic hydroxyl groups is 1. The average Bonchev–Trinajstić information content (AvgIpc) is 2.64. The summed E-state index contributed by atoms with van der Waals surface area (Å²) in [4.78, 5) is 6.89. The van der Waals surface area contributed by atoms with Crippen molar-refractivity contribution in [2.75, 3.05) is 46.4 Å². The van der Waals surface area contributed by atoms with Crippen LogP contribution >= 0.6 is 0 Å². The van der Waals surface area contributed by atoms with Crippen LogP contribution in [0.15, 0.2) is 35.3 Å².